The van der Waals surface area contributed by atoms with Gasteiger partial charge in [0.15, 0.2) is 0 Å². The molecule has 0 bridgehead atoms. The molecule has 5 heteroatoms. The van der Waals surface area contributed by atoms with Crippen LogP contribution in [-0.2, 0) is 6.42 Å². The van der Waals surface area contributed by atoms with Crippen LogP contribution in [0.2, 0.25) is 0 Å². The third kappa shape index (κ3) is 5.18. The maximum absolute atomic E-state index is 12.4. The molecule has 4 nitrogen and oxygen atoms in total. The second-order valence-corrected chi connectivity index (χ2v) is 10.2. The van der Waals surface area contributed by atoms with Gasteiger partial charge in [0.2, 0.25) is 0 Å². The topological polar surface area (TPSA) is 64.3 Å². The van der Waals surface area contributed by atoms with Gasteiger partial charge in [-0.1, -0.05) is 48.5 Å². The number of carbonyl (C=O) groups is 1. The van der Waals surface area contributed by atoms with E-state index in [9.17, 15) is 19.6 Å². The quantitative estimate of drug-likeness (QED) is 0.378. The predicted molar refractivity (Wildman–Crippen MR) is 150 cm³/mol. The first kappa shape index (κ1) is 25.6. The Morgan fingerprint density at radius 1 is 1.08 bits per heavy atom. The minimum Gasteiger partial charge on any atom is -0.478 e. The smallest absolute Gasteiger partial charge is 0.335 e. The molecule has 0 amide bonds. The molecule has 3 aromatic carbocycles. The highest BCUT2D eigenvalue weighted by Crippen LogP contribution is 2.41. The largest absolute Gasteiger partial charge is 0.478 e. The number of hydrogen-bond donors (Lipinski definition) is 1. The number of nitriles is 1. The third-order valence-electron chi connectivity index (χ3n) is 7.61. The number of benzene rings is 3. The Morgan fingerprint density at radius 3 is 2.58 bits per heavy atom. The van der Waals surface area contributed by atoms with E-state index in [2.05, 4.69) is 47.4 Å². The number of allylic oxidation sites excluding steroid dienone is 1. The van der Waals surface area contributed by atoms with Crippen molar-refractivity contribution in [2.45, 2.75) is 32.6 Å². The van der Waals surface area contributed by atoms with Gasteiger partial charge in [-0.05, 0) is 101 Å². The molecule has 0 aromatic heterocycles. The van der Waals surface area contributed by atoms with Crippen molar-refractivity contribution in [1.29, 1.82) is 5.26 Å². The zero-order valence-electron chi connectivity index (χ0n) is 21.6. The molecule has 1 aliphatic heterocycles. The number of rotatable bonds is 7. The van der Waals surface area contributed by atoms with Gasteiger partial charge in [0.05, 0.1) is 23.9 Å². The van der Waals surface area contributed by atoms with Gasteiger partial charge in [0.1, 0.15) is 0 Å². The summed E-state index contributed by atoms with van der Waals surface area (Å²) < 4.78 is 12.4. The van der Waals surface area contributed by atoms with Crippen LogP contribution in [0.5, 0.6) is 0 Å². The number of aromatic carboxylic acids is 1. The molecular formula is C33H31FN2O2. The van der Waals surface area contributed by atoms with E-state index in [1.807, 2.05) is 31.2 Å². The molecule has 0 saturated carbocycles. The second-order valence-electron chi connectivity index (χ2n) is 10.2. The zero-order chi connectivity index (χ0) is 26.6. The van der Waals surface area contributed by atoms with Crippen LogP contribution in [0, 0.1) is 18.3 Å². The fourth-order valence-electron chi connectivity index (χ4n) is 5.65. The van der Waals surface area contributed by atoms with Crippen molar-refractivity contribution in [3.63, 3.8) is 0 Å². The second kappa shape index (κ2) is 11.2. The Kier molecular flexibility index (Phi) is 7.53. The molecule has 192 valence electrons. The van der Waals surface area contributed by atoms with Gasteiger partial charge >= 0.3 is 5.97 Å². The number of halogens is 1. The van der Waals surface area contributed by atoms with Crippen LogP contribution in [0.4, 0.5) is 4.39 Å². The first-order valence-electron chi connectivity index (χ1n) is 13.2. The average Bonchev–Trinajstić information content (AvgIpc) is 3.09. The molecule has 0 unspecified atom stereocenters. The molecule has 0 atom stereocenters. The fraction of sp³-hybridized carbons (Fsp3) is 0.273. The first-order chi connectivity index (χ1) is 18.5. The summed E-state index contributed by atoms with van der Waals surface area (Å²) in [7, 11) is 0. The summed E-state index contributed by atoms with van der Waals surface area (Å²) in [6, 6.07) is 22.2. The minimum atomic E-state index is -0.919. The summed E-state index contributed by atoms with van der Waals surface area (Å²) in [5, 5.41) is 19.2. The molecule has 3 aromatic rings. The van der Waals surface area contributed by atoms with Crippen LogP contribution < -0.4 is 0 Å². The van der Waals surface area contributed by atoms with Gasteiger partial charge in [0.25, 0.3) is 0 Å². The van der Waals surface area contributed by atoms with Gasteiger partial charge in [-0.25, -0.2) is 4.79 Å². The van der Waals surface area contributed by atoms with E-state index in [-0.39, 0.29) is 6.67 Å². The van der Waals surface area contributed by atoms with Gasteiger partial charge in [0, 0.05) is 19.6 Å². The summed E-state index contributed by atoms with van der Waals surface area (Å²) in [5.41, 5.74) is 11.0. The van der Waals surface area contributed by atoms with Crippen LogP contribution in [0.3, 0.4) is 0 Å². The van der Waals surface area contributed by atoms with Crippen LogP contribution in [0.15, 0.2) is 66.2 Å². The lowest BCUT2D eigenvalue weighted by molar-refractivity contribution is 0.0696. The molecule has 1 aliphatic carbocycles. The minimum absolute atomic E-state index is 0.268. The Bertz CT molecular complexity index is 1470. The number of aryl methyl sites for hydroxylation is 1. The van der Waals surface area contributed by atoms with Crippen molar-refractivity contribution < 1.29 is 14.3 Å². The summed E-state index contributed by atoms with van der Waals surface area (Å²) in [4.78, 5) is 13.9. The lowest BCUT2D eigenvalue weighted by atomic mass is 9.85. The van der Waals surface area contributed by atoms with Gasteiger partial charge in [-0.3, -0.25) is 9.29 Å². The highest BCUT2D eigenvalue weighted by molar-refractivity contribution is 6.01. The number of nitrogens with zero attached hydrogens (tertiary/aromatic N) is 2. The van der Waals surface area contributed by atoms with Crippen LogP contribution in [-0.4, -0.2) is 42.3 Å². The number of carboxylic acid groups (broad SMARTS) is 1. The van der Waals surface area contributed by atoms with Crippen LogP contribution >= 0.6 is 0 Å². The van der Waals surface area contributed by atoms with E-state index in [1.165, 1.54) is 11.1 Å². The van der Waals surface area contributed by atoms with Crippen molar-refractivity contribution >= 4 is 23.2 Å². The highest BCUT2D eigenvalue weighted by atomic mass is 19.1. The van der Waals surface area contributed by atoms with Crippen LogP contribution in [0.25, 0.3) is 17.2 Å². The van der Waals surface area contributed by atoms with Crippen molar-refractivity contribution in [2.75, 3.05) is 26.3 Å². The number of alkyl halides is 1. The van der Waals surface area contributed by atoms with Crippen LogP contribution in [0.1, 0.15) is 68.6 Å². The molecule has 0 radical (unpaired) electrons. The van der Waals surface area contributed by atoms with Gasteiger partial charge in [-0.15, -0.1) is 0 Å². The van der Waals surface area contributed by atoms with E-state index in [4.69, 9.17) is 0 Å². The molecule has 38 heavy (non-hydrogen) atoms. The molecule has 1 N–H and O–H groups in total. The van der Waals surface area contributed by atoms with E-state index >= 15 is 0 Å². The SMILES string of the molecule is Cc1c(C#N)cccc1C1=C(c2ccc(C=C3CN(CCCF)C3)cc2)c2ccc(C(=O)O)cc2CCC1. The highest BCUT2D eigenvalue weighted by Gasteiger charge is 2.23. The summed E-state index contributed by atoms with van der Waals surface area (Å²) >= 11 is 0. The van der Waals surface area contributed by atoms with Gasteiger partial charge in [-0.2, -0.15) is 5.26 Å². The number of hydrogen-bond acceptors (Lipinski definition) is 3. The summed E-state index contributed by atoms with van der Waals surface area (Å²) in [6.45, 7) is 4.33. The number of carboxylic acids is 1. The molecule has 2 aliphatic rings. The van der Waals surface area contributed by atoms with E-state index < -0.39 is 5.97 Å². The number of fused-ring (bicyclic) bond motifs is 1. The lowest BCUT2D eigenvalue weighted by Gasteiger charge is -2.33. The summed E-state index contributed by atoms with van der Waals surface area (Å²) in [5.74, 6) is -0.919. The van der Waals surface area contributed by atoms with E-state index in [0.717, 1.165) is 77.9 Å². The summed E-state index contributed by atoms with van der Waals surface area (Å²) in [6.07, 6.45) is 5.33. The van der Waals surface area contributed by atoms with Crippen molar-refractivity contribution in [3.8, 4) is 6.07 Å². The Hall–Kier alpha value is -4.01. The molecule has 1 heterocycles. The third-order valence-corrected chi connectivity index (χ3v) is 7.61. The van der Waals surface area contributed by atoms with Crippen molar-refractivity contribution in [1.82, 2.24) is 4.90 Å². The first-order valence-corrected chi connectivity index (χ1v) is 13.2. The standard InChI is InChI=1S/C33H31FN2O2/c1-22-28(19-35)6-3-7-29(22)31-8-2-5-26-18-27(33(37)38)13-14-30(26)32(31)25-11-9-23(10-12-25)17-24-20-36(21-24)16-4-15-34/h3,6-7,9-14,17-18H,2,4-5,8,15-16,20-21H2,1H3,(H,37,38). The molecule has 1 fully saturated rings. The van der Waals surface area contributed by atoms with Gasteiger partial charge < -0.3 is 5.11 Å². The van der Waals surface area contributed by atoms with E-state index in [0.29, 0.717) is 17.5 Å². The predicted octanol–water partition coefficient (Wildman–Crippen LogP) is 6.92. The van der Waals surface area contributed by atoms with E-state index in [1.54, 1.807) is 6.07 Å². The molecular weight excluding hydrogens is 475 g/mol. The average molecular weight is 507 g/mol. The Morgan fingerprint density at radius 2 is 1.87 bits per heavy atom. The van der Waals surface area contributed by atoms with Crippen molar-refractivity contribution in [2.24, 2.45) is 0 Å². The Balaban J connectivity index is 1.58. The normalized spacial score (nSPS) is 15.3. The lowest BCUT2D eigenvalue weighted by Crippen LogP contribution is -2.40. The maximum Gasteiger partial charge on any atom is 0.335 e. The maximum atomic E-state index is 12.4. The monoisotopic (exact) mass is 506 g/mol. The Labute approximate surface area is 223 Å². The number of likely N-dealkylation sites (tertiary alicyclic amines) is 1. The molecule has 1 saturated heterocycles. The zero-order valence-corrected chi connectivity index (χ0v) is 21.6. The molecule has 0 spiro atoms. The van der Waals surface area contributed by atoms with Crippen molar-refractivity contribution in [3.05, 3.63) is 111 Å². The fourth-order valence-corrected chi connectivity index (χ4v) is 5.65. The molecule has 5 rings (SSSR count).